The van der Waals surface area contributed by atoms with Gasteiger partial charge in [0.2, 0.25) is 0 Å². The summed E-state index contributed by atoms with van der Waals surface area (Å²) in [7, 11) is 0. The van der Waals surface area contributed by atoms with E-state index in [1.807, 2.05) is 6.20 Å². The fraction of sp³-hybridized carbons (Fsp3) is 0.0400. The van der Waals surface area contributed by atoms with Crippen LogP contribution in [0.4, 0.5) is 5.69 Å². The third-order valence-electron chi connectivity index (χ3n) is 5.26. The van der Waals surface area contributed by atoms with Gasteiger partial charge in [0.05, 0.1) is 0 Å². The minimum atomic E-state index is 0.911. The standard InChI is InChI=1S/C25H19N/c1-17-19-11-7-13-26-24-16-21(18-8-3-2-4-9-18)15-23(25(17)24)22-12-6-5-10-20(22)14-19/h2-13,15-16,26H,1,14H2/b13-7-,19-11-. The lowest BCUT2D eigenvalue weighted by Crippen LogP contribution is -2.00. The molecule has 1 nitrogen and oxygen atoms in total. The molecule has 0 spiro atoms. The predicted octanol–water partition coefficient (Wildman–Crippen LogP) is 6.46. The molecule has 3 aromatic carbocycles. The maximum absolute atomic E-state index is 4.45. The van der Waals surface area contributed by atoms with Gasteiger partial charge in [-0.3, -0.25) is 0 Å². The Morgan fingerprint density at radius 1 is 0.808 bits per heavy atom. The Bertz CT molecular complexity index is 1080. The van der Waals surface area contributed by atoms with Gasteiger partial charge in [0.25, 0.3) is 0 Å². The van der Waals surface area contributed by atoms with Crippen molar-refractivity contribution < 1.29 is 0 Å². The van der Waals surface area contributed by atoms with Crippen LogP contribution in [-0.2, 0) is 6.42 Å². The quantitative estimate of drug-likeness (QED) is 0.539. The van der Waals surface area contributed by atoms with Crippen molar-refractivity contribution in [3.05, 3.63) is 108 Å². The molecule has 1 N–H and O–H groups in total. The van der Waals surface area contributed by atoms with Gasteiger partial charge in [0.15, 0.2) is 0 Å². The van der Waals surface area contributed by atoms with Crippen molar-refractivity contribution in [1.82, 2.24) is 0 Å². The first-order valence-corrected chi connectivity index (χ1v) is 8.95. The normalized spacial score (nSPS) is 17.7. The van der Waals surface area contributed by atoms with Gasteiger partial charge >= 0.3 is 0 Å². The molecule has 26 heavy (non-hydrogen) atoms. The lowest BCUT2D eigenvalue weighted by Gasteiger charge is -2.19. The second kappa shape index (κ2) is 5.89. The van der Waals surface area contributed by atoms with E-state index in [-0.39, 0.29) is 0 Å². The summed E-state index contributed by atoms with van der Waals surface area (Å²) >= 11 is 0. The Morgan fingerprint density at radius 2 is 1.62 bits per heavy atom. The second-order valence-corrected chi connectivity index (χ2v) is 6.82. The number of fused-ring (bicyclic) bond motifs is 3. The van der Waals surface area contributed by atoms with Crippen molar-refractivity contribution in [2.75, 3.05) is 5.32 Å². The molecule has 0 fully saturated rings. The molecule has 1 heterocycles. The zero-order valence-corrected chi connectivity index (χ0v) is 14.5. The van der Waals surface area contributed by atoms with Crippen LogP contribution in [0.3, 0.4) is 0 Å². The first kappa shape index (κ1) is 15.0. The largest absolute Gasteiger partial charge is 0.361 e. The summed E-state index contributed by atoms with van der Waals surface area (Å²) < 4.78 is 0. The van der Waals surface area contributed by atoms with Gasteiger partial charge in [-0.05, 0) is 63.6 Å². The molecule has 0 radical (unpaired) electrons. The smallest absolute Gasteiger partial charge is 0.0471 e. The van der Waals surface area contributed by atoms with Crippen LogP contribution in [0.25, 0.3) is 27.8 Å². The summed E-state index contributed by atoms with van der Waals surface area (Å²) in [4.78, 5) is 0. The fourth-order valence-corrected chi connectivity index (χ4v) is 3.96. The molecule has 0 aromatic heterocycles. The lowest BCUT2D eigenvalue weighted by molar-refractivity contribution is 1.22. The third kappa shape index (κ3) is 2.33. The van der Waals surface area contributed by atoms with Crippen LogP contribution < -0.4 is 5.32 Å². The average Bonchev–Trinajstić information content (AvgIpc) is 2.81. The number of allylic oxidation sites excluding steroid dienone is 4. The topological polar surface area (TPSA) is 12.0 Å². The van der Waals surface area contributed by atoms with Crippen molar-refractivity contribution in [3.63, 3.8) is 0 Å². The van der Waals surface area contributed by atoms with Gasteiger partial charge in [0, 0.05) is 17.5 Å². The van der Waals surface area contributed by atoms with Crippen LogP contribution >= 0.6 is 0 Å². The molecule has 0 saturated heterocycles. The monoisotopic (exact) mass is 333 g/mol. The molecule has 5 rings (SSSR count). The zero-order chi connectivity index (χ0) is 17.5. The summed E-state index contributed by atoms with van der Waals surface area (Å²) in [6.07, 6.45) is 7.18. The summed E-state index contributed by atoms with van der Waals surface area (Å²) in [6, 6.07) is 23.8. The van der Waals surface area contributed by atoms with Crippen LogP contribution in [0.2, 0.25) is 0 Å². The van der Waals surface area contributed by atoms with Crippen molar-refractivity contribution in [3.8, 4) is 22.3 Å². The van der Waals surface area contributed by atoms with Gasteiger partial charge in [-0.1, -0.05) is 67.3 Å². The van der Waals surface area contributed by atoms with E-state index in [0.717, 1.165) is 17.7 Å². The highest BCUT2D eigenvalue weighted by Gasteiger charge is 2.23. The van der Waals surface area contributed by atoms with E-state index >= 15 is 0 Å². The number of anilines is 1. The van der Waals surface area contributed by atoms with E-state index in [0.29, 0.717) is 0 Å². The molecule has 2 bridgehead atoms. The zero-order valence-electron chi connectivity index (χ0n) is 14.5. The molecular weight excluding hydrogens is 314 g/mol. The highest BCUT2D eigenvalue weighted by molar-refractivity contribution is 5.99. The number of nitrogens with one attached hydrogen (secondary N) is 1. The first-order valence-electron chi connectivity index (χ1n) is 8.95. The minimum absolute atomic E-state index is 0.911. The number of hydrogen-bond donors (Lipinski definition) is 1. The van der Waals surface area contributed by atoms with Gasteiger partial charge in [-0.2, -0.15) is 0 Å². The molecule has 0 saturated carbocycles. The number of rotatable bonds is 1. The van der Waals surface area contributed by atoms with Crippen LogP contribution in [0.5, 0.6) is 0 Å². The van der Waals surface area contributed by atoms with Gasteiger partial charge in [-0.25, -0.2) is 0 Å². The van der Waals surface area contributed by atoms with E-state index < -0.39 is 0 Å². The summed E-state index contributed by atoms with van der Waals surface area (Å²) in [5, 5.41) is 3.47. The molecule has 1 aliphatic carbocycles. The Hall–Kier alpha value is -3.32. The Labute approximate surface area is 154 Å². The van der Waals surface area contributed by atoms with Crippen molar-refractivity contribution in [2.24, 2.45) is 0 Å². The maximum Gasteiger partial charge on any atom is 0.0471 e. The Morgan fingerprint density at radius 3 is 2.50 bits per heavy atom. The van der Waals surface area contributed by atoms with E-state index in [4.69, 9.17) is 0 Å². The second-order valence-electron chi connectivity index (χ2n) is 6.82. The van der Waals surface area contributed by atoms with Crippen LogP contribution in [0.15, 0.2) is 97.2 Å². The summed E-state index contributed by atoms with van der Waals surface area (Å²) in [5.41, 5.74) is 11.1. The average molecular weight is 333 g/mol. The molecule has 1 aliphatic heterocycles. The highest BCUT2D eigenvalue weighted by atomic mass is 14.8. The maximum atomic E-state index is 4.45. The third-order valence-corrected chi connectivity index (χ3v) is 5.26. The molecule has 124 valence electrons. The van der Waals surface area contributed by atoms with Crippen LogP contribution in [-0.4, -0.2) is 0 Å². The Balaban J connectivity index is 1.87. The van der Waals surface area contributed by atoms with Crippen molar-refractivity contribution in [1.29, 1.82) is 0 Å². The minimum Gasteiger partial charge on any atom is -0.361 e. The predicted molar refractivity (Wildman–Crippen MR) is 111 cm³/mol. The molecule has 0 amide bonds. The van der Waals surface area contributed by atoms with Gasteiger partial charge < -0.3 is 5.32 Å². The molecule has 1 heteroatoms. The Kier molecular flexibility index (Phi) is 3.39. The fourth-order valence-electron chi connectivity index (χ4n) is 3.96. The van der Waals surface area contributed by atoms with E-state index in [1.165, 1.54) is 39.0 Å². The summed E-state index contributed by atoms with van der Waals surface area (Å²) in [6.45, 7) is 4.45. The molecule has 3 aromatic rings. The molecule has 0 unspecified atom stereocenters. The van der Waals surface area contributed by atoms with Gasteiger partial charge in [0.1, 0.15) is 0 Å². The highest BCUT2D eigenvalue weighted by Crippen LogP contribution is 2.45. The van der Waals surface area contributed by atoms with Crippen LogP contribution in [0, 0.1) is 0 Å². The van der Waals surface area contributed by atoms with Crippen molar-refractivity contribution in [2.45, 2.75) is 6.42 Å². The van der Waals surface area contributed by atoms with E-state index in [1.54, 1.807) is 0 Å². The van der Waals surface area contributed by atoms with E-state index in [9.17, 15) is 0 Å². The molecular formula is C25H19N. The van der Waals surface area contributed by atoms with Gasteiger partial charge in [-0.15, -0.1) is 0 Å². The SMILES string of the molecule is C=C1/C2=C\C=C/Nc3cc(-c4ccccc4)cc(c31)-c1ccccc1C2. The van der Waals surface area contributed by atoms with Crippen LogP contribution in [0.1, 0.15) is 11.1 Å². The number of benzene rings is 3. The first-order chi connectivity index (χ1) is 12.8. The molecule has 2 aliphatic rings. The van der Waals surface area contributed by atoms with Crippen molar-refractivity contribution >= 4 is 11.3 Å². The molecule has 0 atom stereocenters. The lowest BCUT2D eigenvalue weighted by atomic mass is 9.89. The number of hydrogen-bond acceptors (Lipinski definition) is 1. The van der Waals surface area contributed by atoms with E-state index in [2.05, 4.69) is 90.8 Å². The summed E-state index contributed by atoms with van der Waals surface area (Å²) in [5.74, 6) is 0.